The summed E-state index contributed by atoms with van der Waals surface area (Å²) in [5.74, 6) is 1.84. The van der Waals surface area contributed by atoms with Gasteiger partial charge >= 0.3 is 0 Å². The van der Waals surface area contributed by atoms with Gasteiger partial charge in [0, 0.05) is 12.6 Å². The number of nitrogens with zero attached hydrogens (tertiary/aromatic N) is 2. The molecule has 1 heterocycles. The van der Waals surface area contributed by atoms with Gasteiger partial charge < -0.3 is 4.57 Å². The molecule has 0 atom stereocenters. The third-order valence-electron chi connectivity index (χ3n) is 4.47. The lowest BCUT2D eigenvalue weighted by Gasteiger charge is -2.22. The van der Waals surface area contributed by atoms with Crippen LogP contribution in [-0.4, -0.2) is 9.55 Å². The maximum atomic E-state index is 13.9. The van der Waals surface area contributed by atoms with Crippen LogP contribution in [0.1, 0.15) is 44.3 Å². The van der Waals surface area contributed by atoms with Crippen molar-refractivity contribution in [1.29, 1.82) is 0 Å². The van der Waals surface area contributed by atoms with Gasteiger partial charge in [0.2, 0.25) is 0 Å². The number of aromatic nitrogens is 2. The van der Waals surface area contributed by atoms with E-state index in [2.05, 4.69) is 9.55 Å². The number of rotatable bonds is 4. The van der Waals surface area contributed by atoms with Crippen LogP contribution in [0, 0.1) is 15.3 Å². The number of alkyl halides is 1. The summed E-state index contributed by atoms with van der Waals surface area (Å²) in [5.41, 5.74) is 1.72. The largest absolute Gasteiger partial charge is 0.327 e. The maximum Gasteiger partial charge on any atom is 0.138 e. The van der Waals surface area contributed by atoms with Crippen LogP contribution in [0.25, 0.3) is 11.0 Å². The van der Waals surface area contributed by atoms with E-state index in [1.54, 1.807) is 12.1 Å². The fourth-order valence-corrected chi connectivity index (χ4v) is 3.96. The molecule has 0 bridgehead atoms. The Kier molecular flexibility index (Phi) is 5.04. The summed E-state index contributed by atoms with van der Waals surface area (Å²) >= 11 is 8.03. The van der Waals surface area contributed by atoms with E-state index in [9.17, 15) is 4.39 Å². The Bertz CT molecular complexity index is 635. The van der Waals surface area contributed by atoms with Gasteiger partial charge in [0.05, 0.1) is 20.5 Å². The van der Waals surface area contributed by atoms with Crippen LogP contribution in [0.2, 0.25) is 0 Å². The molecule has 114 valence electrons. The van der Waals surface area contributed by atoms with E-state index in [-0.39, 0.29) is 5.82 Å². The molecule has 21 heavy (non-hydrogen) atoms. The minimum absolute atomic E-state index is 0.178. The zero-order valence-electron chi connectivity index (χ0n) is 11.9. The first kappa shape index (κ1) is 15.5. The predicted molar refractivity (Wildman–Crippen MR) is 93.2 cm³/mol. The molecule has 1 fully saturated rings. The van der Waals surface area contributed by atoms with Crippen LogP contribution in [-0.2, 0) is 12.4 Å². The summed E-state index contributed by atoms with van der Waals surface area (Å²) in [7, 11) is 0. The lowest BCUT2D eigenvalue weighted by atomic mass is 9.87. The highest BCUT2D eigenvalue weighted by molar-refractivity contribution is 14.1. The molecule has 1 aromatic carbocycles. The van der Waals surface area contributed by atoms with E-state index in [1.807, 2.05) is 22.6 Å². The molecule has 0 aliphatic heterocycles. The first-order chi connectivity index (χ1) is 10.2. The van der Waals surface area contributed by atoms with Gasteiger partial charge in [0.1, 0.15) is 11.6 Å². The first-order valence-electron chi connectivity index (χ1n) is 7.59. The van der Waals surface area contributed by atoms with Crippen LogP contribution in [0.15, 0.2) is 12.1 Å². The van der Waals surface area contributed by atoms with Gasteiger partial charge in [-0.3, -0.25) is 0 Å². The minimum atomic E-state index is -0.178. The Balaban J connectivity index is 1.86. The molecular weight excluding hydrogens is 402 g/mol. The van der Waals surface area contributed by atoms with E-state index in [4.69, 9.17) is 11.6 Å². The maximum absolute atomic E-state index is 13.9. The van der Waals surface area contributed by atoms with Gasteiger partial charge in [-0.2, -0.15) is 0 Å². The number of halogens is 3. The summed E-state index contributed by atoms with van der Waals surface area (Å²) in [4.78, 5) is 4.56. The average molecular weight is 421 g/mol. The van der Waals surface area contributed by atoms with Gasteiger partial charge in [-0.15, -0.1) is 11.6 Å². The van der Waals surface area contributed by atoms with Crippen molar-refractivity contribution in [3.63, 3.8) is 0 Å². The molecule has 0 spiro atoms. The number of hydrogen-bond donors (Lipinski definition) is 0. The summed E-state index contributed by atoms with van der Waals surface area (Å²) in [6.07, 6.45) is 7.88. The molecular formula is C16H19ClFIN2. The molecule has 3 rings (SSSR count). The summed E-state index contributed by atoms with van der Waals surface area (Å²) in [5, 5.41) is 0. The van der Waals surface area contributed by atoms with Crippen molar-refractivity contribution in [2.75, 3.05) is 0 Å². The molecule has 0 N–H and O–H groups in total. The summed E-state index contributed by atoms with van der Waals surface area (Å²) < 4.78 is 16.6. The second-order valence-corrected chi connectivity index (χ2v) is 7.29. The zero-order chi connectivity index (χ0) is 14.8. The zero-order valence-corrected chi connectivity index (χ0v) is 14.8. The molecule has 0 radical (unpaired) electrons. The Morgan fingerprint density at radius 3 is 2.76 bits per heavy atom. The van der Waals surface area contributed by atoms with Gasteiger partial charge in [-0.25, -0.2) is 9.37 Å². The van der Waals surface area contributed by atoms with Crippen LogP contribution >= 0.6 is 34.2 Å². The molecule has 1 aromatic heterocycles. The monoisotopic (exact) mass is 420 g/mol. The lowest BCUT2D eigenvalue weighted by molar-refractivity contribution is 0.324. The fraction of sp³-hybridized carbons (Fsp3) is 0.562. The van der Waals surface area contributed by atoms with Crippen molar-refractivity contribution in [3.8, 4) is 0 Å². The lowest BCUT2D eigenvalue weighted by Crippen LogP contribution is -2.11. The van der Waals surface area contributed by atoms with Crippen molar-refractivity contribution in [2.45, 2.75) is 50.9 Å². The Labute approximate surface area is 143 Å². The first-order valence-corrected chi connectivity index (χ1v) is 9.20. The van der Waals surface area contributed by atoms with Crippen LogP contribution in [0.4, 0.5) is 4.39 Å². The van der Waals surface area contributed by atoms with Crippen molar-refractivity contribution in [2.24, 2.45) is 5.92 Å². The third kappa shape index (κ3) is 3.36. The van der Waals surface area contributed by atoms with Crippen molar-refractivity contribution in [1.82, 2.24) is 9.55 Å². The van der Waals surface area contributed by atoms with Crippen LogP contribution in [0.3, 0.4) is 0 Å². The Hall–Kier alpha value is -0.360. The Morgan fingerprint density at radius 1 is 1.29 bits per heavy atom. The molecule has 2 nitrogen and oxygen atoms in total. The third-order valence-corrected chi connectivity index (χ3v) is 5.54. The van der Waals surface area contributed by atoms with E-state index >= 15 is 0 Å². The van der Waals surface area contributed by atoms with E-state index in [1.165, 1.54) is 32.1 Å². The molecule has 0 saturated heterocycles. The predicted octanol–water partition coefficient (Wildman–Crippen LogP) is 5.49. The second-order valence-electron chi connectivity index (χ2n) is 5.86. The summed E-state index contributed by atoms with van der Waals surface area (Å²) in [6, 6.07) is 3.40. The van der Waals surface area contributed by atoms with Crippen molar-refractivity contribution >= 4 is 45.2 Å². The quantitative estimate of drug-likeness (QED) is 0.472. The van der Waals surface area contributed by atoms with Crippen LogP contribution in [0.5, 0.6) is 0 Å². The molecule has 1 aliphatic rings. The number of fused-ring (bicyclic) bond motifs is 1. The Morgan fingerprint density at radius 2 is 2.05 bits per heavy atom. The highest BCUT2D eigenvalue weighted by Gasteiger charge is 2.17. The highest BCUT2D eigenvalue weighted by Crippen LogP contribution is 2.28. The van der Waals surface area contributed by atoms with Crippen molar-refractivity contribution in [3.05, 3.63) is 27.3 Å². The number of imidazole rings is 1. The molecule has 5 heteroatoms. The normalized spacial score (nSPS) is 16.7. The summed E-state index contributed by atoms with van der Waals surface area (Å²) in [6.45, 7) is 0.892. The standard InChI is InChI=1S/C16H19ClFIN2/c17-10-16-20-14-9-13(19)12(18)8-15(14)21(16)7-6-11-4-2-1-3-5-11/h8-9,11H,1-7,10H2. The van der Waals surface area contributed by atoms with Crippen molar-refractivity contribution < 1.29 is 4.39 Å². The smallest absolute Gasteiger partial charge is 0.138 e. The second kappa shape index (κ2) is 6.82. The fourth-order valence-electron chi connectivity index (χ4n) is 3.31. The van der Waals surface area contributed by atoms with E-state index in [0.29, 0.717) is 9.45 Å². The molecule has 1 saturated carbocycles. The number of aryl methyl sites for hydroxylation is 1. The van der Waals surface area contributed by atoms with Gasteiger partial charge in [-0.1, -0.05) is 32.1 Å². The average Bonchev–Trinajstić information content (AvgIpc) is 2.83. The SMILES string of the molecule is Fc1cc2c(cc1I)nc(CCl)n2CCC1CCCCC1. The minimum Gasteiger partial charge on any atom is -0.327 e. The molecule has 1 aliphatic carbocycles. The topological polar surface area (TPSA) is 17.8 Å². The van der Waals surface area contributed by atoms with E-state index in [0.717, 1.165) is 35.7 Å². The molecule has 2 aromatic rings. The molecule has 0 amide bonds. The van der Waals surface area contributed by atoms with Gasteiger partial charge in [-0.05, 0) is 41.0 Å². The highest BCUT2D eigenvalue weighted by atomic mass is 127. The van der Waals surface area contributed by atoms with E-state index < -0.39 is 0 Å². The van der Waals surface area contributed by atoms with Crippen LogP contribution < -0.4 is 0 Å². The van der Waals surface area contributed by atoms with Gasteiger partial charge in [0.15, 0.2) is 0 Å². The number of hydrogen-bond acceptors (Lipinski definition) is 1. The number of benzene rings is 1. The van der Waals surface area contributed by atoms with Gasteiger partial charge in [0.25, 0.3) is 0 Å². The molecule has 0 unspecified atom stereocenters.